The van der Waals surface area contributed by atoms with E-state index in [1.165, 1.54) is 0 Å². The third kappa shape index (κ3) is 4.32. The van der Waals surface area contributed by atoms with E-state index in [-0.39, 0.29) is 9.88 Å². The van der Waals surface area contributed by atoms with Crippen LogP contribution in [0.3, 0.4) is 0 Å². The molecule has 0 aliphatic heterocycles. The van der Waals surface area contributed by atoms with Gasteiger partial charge in [0.05, 0.1) is 0 Å². The van der Waals surface area contributed by atoms with E-state index in [9.17, 15) is 0 Å². The first-order valence-corrected chi connectivity index (χ1v) is 7.55. The van der Waals surface area contributed by atoms with Crippen LogP contribution in [-0.4, -0.2) is 23.0 Å². The maximum absolute atomic E-state index is 6.08. The van der Waals surface area contributed by atoms with E-state index in [0.717, 1.165) is 0 Å². The molecule has 0 saturated carbocycles. The number of nitrogens with two attached hydrogens (primary N) is 4. The summed E-state index contributed by atoms with van der Waals surface area (Å²) in [5, 5.41) is 0. The summed E-state index contributed by atoms with van der Waals surface area (Å²) in [6.07, 6.45) is 1.16. The summed E-state index contributed by atoms with van der Waals surface area (Å²) in [5.41, 5.74) is 22.2. The van der Waals surface area contributed by atoms with Crippen molar-refractivity contribution in [2.45, 2.75) is 22.7 Å². The zero-order valence-corrected chi connectivity index (χ0v) is 9.80. The van der Waals surface area contributed by atoms with Crippen molar-refractivity contribution in [1.29, 1.82) is 0 Å². The summed E-state index contributed by atoms with van der Waals surface area (Å²) in [6, 6.07) is 0. The first-order chi connectivity index (χ1) is 5.96. The molecule has 0 aromatic rings. The van der Waals surface area contributed by atoms with E-state index in [0.29, 0.717) is 25.9 Å². The molecule has 0 aliphatic rings. The van der Waals surface area contributed by atoms with Crippen LogP contribution in [0, 0.1) is 0 Å². The number of halogens is 2. The zero-order chi connectivity index (χ0) is 10.5. The van der Waals surface area contributed by atoms with Gasteiger partial charge in [-0.3, -0.25) is 0 Å². The molecule has 0 aromatic carbocycles. The molecule has 0 rings (SSSR count). The molecule has 87 valence electrons. The molecule has 0 spiro atoms. The van der Waals surface area contributed by atoms with E-state index in [4.69, 9.17) is 43.1 Å². The quantitative estimate of drug-likeness (QED) is 0.502. The minimum atomic E-state index is -1.97. The average Bonchev–Trinajstić information content (AvgIpc) is 2.05. The van der Waals surface area contributed by atoms with Crippen LogP contribution in [0.4, 0.5) is 0 Å². The maximum atomic E-state index is 6.08. The summed E-state index contributed by atoms with van der Waals surface area (Å²) >= 11 is -1.97. The van der Waals surface area contributed by atoms with Crippen LogP contribution in [0.1, 0.15) is 12.8 Å². The summed E-state index contributed by atoms with van der Waals surface area (Å²) in [7, 11) is 12.2. The Morgan fingerprint density at radius 3 is 1.46 bits per heavy atom. The molecule has 0 radical (unpaired) electrons. The van der Waals surface area contributed by atoms with Gasteiger partial charge in [0, 0.05) is 0 Å². The first-order valence-electron chi connectivity index (χ1n) is 3.88. The Hall–Kier alpha value is 0.939. The summed E-state index contributed by atoms with van der Waals surface area (Å²) in [5.74, 6) is 0. The van der Waals surface area contributed by atoms with Gasteiger partial charge in [-0.1, -0.05) is 0 Å². The molecule has 0 heterocycles. The van der Waals surface area contributed by atoms with Crippen molar-refractivity contribution in [1.82, 2.24) is 0 Å². The molecule has 0 aliphatic carbocycles. The van der Waals surface area contributed by atoms with Crippen molar-refractivity contribution in [2.24, 2.45) is 22.9 Å². The molecule has 2 atom stereocenters. The van der Waals surface area contributed by atoms with Gasteiger partial charge in [0.15, 0.2) is 0 Å². The molecule has 13 heavy (non-hydrogen) atoms. The molecule has 0 amide bonds. The average molecular weight is 281 g/mol. The Labute approximate surface area is 90.0 Å². The molecule has 7 heteroatoms. The SMILES string of the molecule is NCC[CH](N)[Cu]([Cl])([Cl])[CH](N)CCN. The molecular formula is C6H18Cl2CuN4. The van der Waals surface area contributed by atoms with E-state index < -0.39 is 11.0 Å². The second-order valence-electron chi connectivity index (χ2n) is 2.48. The van der Waals surface area contributed by atoms with Crippen LogP contribution in [0.2, 0.25) is 0 Å². The van der Waals surface area contributed by atoms with Crippen LogP contribution in [0.5, 0.6) is 0 Å². The van der Waals surface area contributed by atoms with Crippen LogP contribution in [0.15, 0.2) is 0 Å². The second-order valence-corrected chi connectivity index (χ2v) is 8.74. The summed E-state index contributed by atoms with van der Waals surface area (Å²) in [4.78, 5) is -0.673. The standard InChI is InChI=1S/2C3H9N2.2ClH.Cu/c2*4-2-1-3-5;;;/h2*2H,1,3-5H2;2*1H;/q;;;;+2/p-2. The van der Waals surface area contributed by atoms with Crippen molar-refractivity contribution in [2.75, 3.05) is 13.1 Å². The molecule has 0 bridgehead atoms. The monoisotopic (exact) mass is 279 g/mol. The van der Waals surface area contributed by atoms with Crippen LogP contribution < -0.4 is 22.9 Å². The Balaban J connectivity index is 4.17. The van der Waals surface area contributed by atoms with Crippen molar-refractivity contribution in [3.05, 3.63) is 0 Å². The van der Waals surface area contributed by atoms with E-state index in [1.54, 1.807) is 0 Å². The van der Waals surface area contributed by atoms with Crippen LogP contribution in [-0.2, 0) is 11.0 Å². The van der Waals surface area contributed by atoms with Gasteiger partial charge >= 0.3 is 90.0 Å². The Bertz CT molecular complexity index is 133. The Kier molecular flexibility index (Phi) is 6.89. The molecule has 0 saturated heterocycles. The molecule has 0 aromatic heterocycles. The van der Waals surface area contributed by atoms with Crippen molar-refractivity contribution in [3.8, 4) is 0 Å². The topological polar surface area (TPSA) is 104 Å². The van der Waals surface area contributed by atoms with Gasteiger partial charge in [-0.05, 0) is 0 Å². The summed E-state index contributed by atoms with van der Waals surface area (Å²) in [6.45, 7) is 0.923. The van der Waals surface area contributed by atoms with Gasteiger partial charge in [-0.15, -0.1) is 0 Å². The zero-order valence-electron chi connectivity index (χ0n) is 7.35. The molecular weight excluding hydrogens is 263 g/mol. The van der Waals surface area contributed by atoms with Crippen LogP contribution >= 0.6 is 20.2 Å². The van der Waals surface area contributed by atoms with E-state index >= 15 is 0 Å². The van der Waals surface area contributed by atoms with E-state index in [2.05, 4.69) is 0 Å². The number of hydrogen-bond donors (Lipinski definition) is 4. The van der Waals surface area contributed by atoms with Crippen molar-refractivity contribution < 1.29 is 11.0 Å². The van der Waals surface area contributed by atoms with Gasteiger partial charge in [0.1, 0.15) is 0 Å². The normalized spacial score (nSPS) is 18.3. The van der Waals surface area contributed by atoms with Crippen molar-refractivity contribution in [3.63, 3.8) is 0 Å². The van der Waals surface area contributed by atoms with Gasteiger partial charge < -0.3 is 0 Å². The molecule has 8 N–H and O–H groups in total. The van der Waals surface area contributed by atoms with Crippen LogP contribution in [0.25, 0.3) is 0 Å². The molecule has 2 unspecified atom stereocenters. The second kappa shape index (κ2) is 6.43. The van der Waals surface area contributed by atoms with Gasteiger partial charge in [0.25, 0.3) is 0 Å². The van der Waals surface area contributed by atoms with Gasteiger partial charge in [-0.2, -0.15) is 0 Å². The van der Waals surface area contributed by atoms with Gasteiger partial charge in [-0.25, -0.2) is 0 Å². The minimum absolute atomic E-state index is 0.336. The fraction of sp³-hybridized carbons (Fsp3) is 1.00. The Morgan fingerprint density at radius 1 is 0.923 bits per heavy atom. The molecule has 0 fully saturated rings. The predicted octanol–water partition coefficient (Wildman–Crippen LogP) is -0.285. The third-order valence-electron chi connectivity index (χ3n) is 1.44. The van der Waals surface area contributed by atoms with Gasteiger partial charge in [0.2, 0.25) is 0 Å². The van der Waals surface area contributed by atoms with E-state index in [1.807, 2.05) is 0 Å². The molecule has 4 nitrogen and oxygen atoms in total. The fourth-order valence-electron chi connectivity index (χ4n) is 0.691. The van der Waals surface area contributed by atoms with Crippen molar-refractivity contribution >= 4 is 20.2 Å². The number of rotatable bonds is 6. The Morgan fingerprint density at radius 2 is 1.23 bits per heavy atom. The fourth-order valence-corrected chi connectivity index (χ4v) is 3.33. The third-order valence-corrected chi connectivity index (χ3v) is 6.63. The number of hydrogen-bond acceptors (Lipinski definition) is 4. The predicted molar refractivity (Wildman–Crippen MR) is 55.0 cm³/mol. The first kappa shape index (κ1) is 13.9. The summed E-state index contributed by atoms with van der Waals surface area (Å²) < 4.78 is 0.